The van der Waals surface area contributed by atoms with Crippen LogP contribution in [0.4, 0.5) is 5.69 Å². The minimum atomic E-state index is -0.668. The molecule has 150 valence electrons. The van der Waals surface area contributed by atoms with E-state index in [1.165, 1.54) is 0 Å². The van der Waals surface area contributed by atoms with Gasteiger partial charge in [0.25, 0.3) is 0 Å². The summed E-state index contributed by atoms with van der Waals surface area (Å²) in [6.07, 6.45) is 1.96. The summed E-state index contributed by atoms with van der Waals surface area (Å²) >= 11 is 1.58. The number of hydrogen-bond acceptors (Lipinski definition) is 4. The Bertz CT molecular complexity index is 1010. The van der Waals surface area contributed by atoms with Crippen molar-refractivity contribution in [3.8, 4) is 0 Å². The van der Waals surface area contributed by atoms with Gasteiger partial charge in [0.1, 0.15) is 0 Å². The topological polar surface area (TPSA) is 61.4 Å². The van der Waals surface area contributed by atoms with Crippen molar-refractivity contribution in [1.29, 1.82) is 0 Å². The highest BCUT2D eigenvalue weighted by Crippen LogP contribution is 2.26. The van der Waals surface area contributed by atoms with Crippen LogP contribution in [0.2, 0.25) is 0 Å². The summed E-state index contributed by atoms with van der Waals surface area (Å²) in [5.74, 6) is -1.31. The van der Waals surface area contributed by atoms with Crippen molar-refractivity contribution in [2.45, 2.75) is 10.9 Å². The van der Waals surface area contributed by atoms with Crippen LogP contribution in [0, 0.1) is 0 Å². The van der Waals surface area contributed by atoms with Crippen LogP contribution in [0.3, 0.4) is 0 Å². The molecule has 1 atom stereocenters. The molecule has 2 N–H and O–H groups in total. The molecule has 0 aliphatic carbocycles. The summed E-state index contributed by atoms with van der Waals surface area (Å²) in [6.45, 7) is 0.331. The van der Waals surface area contributed by atoms with Gasteiger partial charge in [-0.15, -0.1) is 11.8 Å². The van der Waals surface area contributed by atoms with Gasteiger partial charge in [-0.1, -0.05) is 48.5 Å². The minimum Gasteiger partial charge on any atom is -0.346 e. The van der Waals surface area contributed by atoms with E-state index in [0.717, 1.165) is 21.2 Å². The van der Waals surface area contributed by atoms with E-state index in [0.29, 0.717) is 12.2 Å². The molecule has 0 bridgehead atoms. The Morgan fingerprint density at radius 1 is 0.966 bits per heavy atom. The van der Waals surface area contributed by atoms with Crippen molar-refractivity contribution >= 4 is 40.0 Å². The van der Waals surface area contributed by atoms with E-state index in [-0.39, 0.29) is 6.04 Å². The van der Waals surface area contributed by atoms with Gasteiger partial charge in [-0.3, -0.25) is 9.59 Å². The molecule has 3 rings (SSSR count). The average molecular weight is 408 g/mol. The summed E-state index contributed by atoms with van der Waals surface area (Å²) in [5, 5.41) is 7.73. The van der Waals surface area contributed by atoms with Crippen LogP contribution in [0.5, 0.6) is 0 Å². The van der Waals surface area contributed by atoms with E-state index in [1.807, 2.05) is 61.6 Å². The number of benzene rings is 3. The maximum Gasteiger partial charge on any atom is 0.313 e. The standard InChI is InChI=1S/C23H25N3O2S/c1-26(2)21(20-13-6-9-16-8-4-5-12-19(16)20)15-24-22(27)23(28)25-17-10-7-11-18(14-17)29-3/h4-14,21H,15H2,1-3H3,(H,24,27)(H,25,28)/t21-/m1/s1. The summed E-state index contributed by atoms with van der Waals surface area (Å²) in [7, 11) is 3.93. The molecule has 0 unspecified atom stereocenters. The normalized spacial score (nSPS) is 12.0. The van der Waals surface area contributed by atoms with Crippen molar-refractivity contribution in [2.24, 2.45) is 0 Å². The highest BCUT2D eigenvalue weighted by molar-refractivity contribution is 7.98. The fourth-order valence-corrected chi connectivity index (χ4v) is 3.73. The highest BCUT2D eigenvalue weighted by atomic mass is 32.2. The van der Waals surface area contributed by atoms with Crippen LogP contribution in [-0.4, -0.2) is 43.6 Å². The second-order valence-electron chi connectivity index (χ2n) is 6.94. The zero-order valence-electron chi connectivity index (χ0n) is 16.8. The zero-order valence-corrected chi connectivity index (χ0v) is 17.6. The number of anilines is 1. The third-order valence-electron chi connectivity index (χ3n) is 4.80. The van der Waals surface area contributed by atoms with Gasteiger partial charge in [-0.2, -0.15) is 0 Å². The third kappa shape index (κ3) is 5.16. The van der Waals surface area contributed by atoms with Crippen molar-refractivity contribution in [2.75, 3.05) is 32.2 Å². The molecular formula is C23H25N3O2S. The molecule has 0 fully saturated rings. The van der Waals surface area contributed by atoms with Gasteiger partial charge in [-0.25, -0.2) is 0 Å². The van der Waals surface area contributed by atoms with Gasteiger partial charge in [0.05, 0.1) is 6.04 Å². The number of carbonyl (C=O) groups excluding carboxylic acids is 2. The molecule has 0 aromatic heterocycles. The van der Waals surface area contributed by atoms with Gasteiger partial charge in [-0.05, 0) is 54.9 Å². The molecule has 0 aliphatic rings. The number of carbonyl (C=O) groups is 2. The Morgan fingerprint density at radius 3 is 2.45 bits per heavy atom. The Hall–Kier alpha value is -2.83. The molecule has 5 nitrogen and oxygen atoms in total. The van der Waals surface area contributed by atoms with Crippen LogP contribution in [0.15, 0.2) is 71.6 Å². The van der Waals surface area contributed by atoms with Gasteiger partial charge >= 0.3 is 11.8 Å². The summed E-state index contributed by atoms with van der Waals surface area (Å²) < 4.78 is 0. The maximum absolute atomic E-state index is 12.4. The van der Waals surface area contributed by atoms with E-state index in [4.69, 9.17) is 0 Å². The van der Waals surface area contributed by atoms with E-state index in [9.17, 15) is 9.59 Å². The SMILES string of the molecule is CSc1cccc(NC(=O)C(=O)NC[C@H](c2cccc3ccccc23)N(C)C)c1. The Balaban J connectivity index is 1.70. The molecule has 3 aromatic rings. The first-order chi connectivity index (χ1) is 14.0. The first kappa shape index (κ1) is 20.9. The molecule has 6 heteroatoms. The average Bonchev–Trinajstić information content (AvgIpc) is 2.73. The zero-order chi connectivity index (χ0) is 20.8. The second-order valence-corrected chi connectivity index (χ2v) is 7.82. The van der Waals surface area contributed by atoms with E-state index >= 15 is 0 Å². The fraction of sp³-hybridized carbons (Fsp3) is 0.217. The first-order valence-electron chi connectivity index (χ1n) is 9.37. The third-order valence-corrected chi connectivity index (χ3v) is 5.52. The quantitative estimate of drug-likeness (QED) is 0.480. The number of nitrogens with zero attached hydrogens (tertiary/aromatic N) is 1. The van der Waals surface area contributed by atoms with E-state index < -0.39 is 11.8 Å². The molecule has 29 heavy (non-hydrogen) atoms. The summed E-state index contributed by atoms with van der Waals surface area (Å²) in [4.78, 5) is 27.7. The largest absolute Gasteiger partial charge is 0.346 e. The lowest BCUT2D eigenvalue weighted by molar-refractivity contribution is -0.136. The number of likely N-dealkylation sites (N-methyl/N-ethyl adjacent to an activating group) is 1. The lowest BCUT2D eigenvalue weighted by Crippen LogP contribution is -2.40. The number of fused-ring (bicyclic) bond motifs is 1. The molecule has 2 amide bonds. The van der Waals surface area contributed by atoms with Crippen LogP contribution in [0.1, 0.15) is 11.6 Å². The van der Waals surface area contributed by atoms with Crippen LogP contribution in [0.25, 0.3) is 10.8 Å². The number of hydrogen-bond donors (Lipinski definition) is 2. The molecule has 0 aliphatic heterocycles. The fourth-order valence-electron chi connectivity index (χ4n) is 3.27. The number of rotatable bonds is 6. The van der Waals surface area contributed by atoms with Crippen molar-refractivity contribution in [3.63, 3.8) is 0 Å². The lowest BCUT2D eigenvalue weighted by Gasteiger charge is -2.26. The van der Waals surface area contributed by atoms with Crippen LogP contribution in [-0.2, 0) is 9.59 Å². The molecule has 0 saturated heterocycles. The molecule has 0 spiro atoms. The highest BCUT2D eigenvalue weighted by Gasteiger charge is 2.20. The van der Waals surface area contributed by atoms with E-state index in [1.54, 1.807) is 17.8 Å². The second kappa shape index (κ2) is 9.58. The monoisotopic (exact) mass is 407 g/mol. The predicted molar refractivity (Wildman–Crippen MR) is 120 cm³/mol. The molecule has 0 heterocycles. The lowest BCUT2D eigenvalue weighted by atomic mass is 9.98. The minimum absolute atomic E-state index is 0.0577. The Kier molecular flexibility index (Phi) is 6.90. The molecule has 3 aromatic carbocycles. The van der Waals surface area contributed by atoms with Gasteiger partial charge < -0.3 is 15.5 Å². The Labute approximate surface area is 175 Å². The van der Waals surface area contributed by atoms with Crippen molar-refractivity contribution in [1.82, 2.24) is 10.2 Å². The number of nitrogens with one attached hydrogen (secondary N) is 2. The summed E-state index contributed by atoms with van der Waals surface area (Å²) in [5.41, 5.74) is 1.72. The van der Waals surface area contributed by atoms with Crippen LogP contribution >= 0.6 is 11.8 Å². The molecular weight excluding hydrogens is 382 g/mol. The summed E-state index contributed by atoms with van der Waals surface area (Å²) in [6, 6.07) is 21.7. The number of thioether (sulfide) groups is 1. The van der Waals surface area contributed by atoms with Crippen molar-refractivity contribution < 1.29 is 9.59 Å². The smallest absolute Gasteiger partial charge is 0.313 e. The maximum atomic E-state index is 12.4. The number of amides is 2. The van der Waals surface area contributed by atoms with Gasteiger partial charge in [0, 0.05) is 17.1 Å². The van der Waals surface area contributed by atoms with Gasteiger partial charge in [0.2, 0.25) is 0 Å². The van der Waals surface area contributed by atoms with Crippen molar-refractivity contribution in [3.05, 3.63) is 72.3 Å². The van der Waals surface area contributed by atoms with Gasteiger partial charge in [0.15, 0.2) is 0 Å². The first-order valence-corrected chi connectivity index (χ1v) is 10.6. The van der Waals surface area contributed by atoms with E-state index in [2.05, 4.69) is 34.9 Å². The molecule has 0 radical (unpaired) electrons. The predicted octanol–water partition coefficient (Wildman–Crippen LogP) is 3.92. The van der Waals surface area contributed by atoms with Crippen LogP contribution < -0.4 is 10.6 Å². The Morgan fingerprint density at radius 2 is 1.69 bits per heavy atom. The molecule has 0 saturated carbocycles.